The van der Waals surface area contributed by atoms with E-state index < -0.39 is 0 Å². The molecule has 0 amide bonds. The molecular formula is C11H12N2O. The molecule has 1 aromatic heterocycles. The Labute approximate surface area is 82.9 Å². The van der Waals surface area contributed by atoms with Crippen molar-refractivity contribution in [2.75, 3.05) is 0 Å². The predicted molar refractivity (Wildman–Crippen MR) is 53.5 cm³/mol. The number of hydrogen-bond donors (Lipinski definition) is 0. The molecule has 3 heteroatoms. The Morgan fingerprint density at radius 2 is 1.86 bits per heavy atom. The van der Waals surface area contributed by atoms with Crippen molar-refractivity contribution >= 4 is 11.9 Å². The van der Waals surface area contributed by atoms with Crippen LogP contribution in [0.25, 0.3) is 6.08 Å². The highest BCUT2D eigenvalue weighted by Crippen LogP contribution is 2.21. The average molecular weight is 188 g/mol. The number of hydrogen-bond acceptors (Lipinski definition) is 3. The van der Waals surface area contributed by atoms with Crippen LogP contribution in [0.5, 0.6) is 0 Å². The lowest BCUT2D eigenvalue weighted by Crippen LogP contribution is -2.07. The molecule has 0 N–H and O–H groups in total. The van der Waals surface area contributed by atoms with Crippen molar-refractivity contribution in [3.63, 3.8) is 0 Å². The molecule has 1 heterocycles. The second-order valence-corrected chi connectivity index (χ2v) is 3.47. The Hall–Kier alpha value is -1.51. The molecule has 0 bridgehead atoms. The largest absolute Gasteiger partial charge is 0.295 e. The van der Waals surface area contributed by atoms with Gasteiger partial charge >= 0.3 is 0 Å². The van der Waals surface area contributed by atoms with Crippen LogP contribution in [-0.2, 0) is 4.79 Å². The van der Waals surface area contributed by atoms with E-state index in [1.165, 1.54) is 6.33 Å². The molecular weight excluding hydrogens is 176 g/mol. The third kappa shape index (κ3) is 2.05. The molecule has 0 atom stereocenters. The van der Waals surface area contributed by atoms with E-state index in [9.17, 15) is 4.79 Å². The highest BCUT2D eigenvalue weighted by atomic mass is 16.1. The minimum absolute atomic E-state index is 0.278. The fourth-order valence-corrected chi connectivity index (χ4v) is 1.64. The number of aromatic nitrogens is 2. The maximum atomic E-state index is 11.5. The predicted octanol–water partition coefficient (Wildman–Crippen LogP) is 2.00. The van der Waals surface area contributed by atoms with Crippen LogP contribution in [0.4, 0.5) is 0 Å². The van der Waals surface area contributed by atoms with Gasteiger partial charge < -0.3 is 0 Å². The number of carbonyl (C=O) groups excluding carboxylic acids is 1. The summed E-state index contributed by atoms with van der Waals surface area (Å²) in [4.78, 5) is 19.3. The van der Waals surface area contributed by atoms with E-state index >= 15 is 0 Å². The maximum Gasteiger partial charge on any atom is 0.158 e. The first-order valence-electron chi connectivity index (χ1n) is 4.85. The van der Waals surface area contributed by atoms with Crippen LogP contribution < -0.4 is 0 Å². The highest BCUT2D eigenvalue weighted by Gasteiger charge is 2.14. The summed E-state index contributed by atoms with van der Waals surface area (Å²) in [6, 6.07) is 0. The average Bonchev–Trinajstić information content (AvgIpc) is 2.23. The zero-order chi connectivity index (χ0) is 9.80. The minimum Gasteiger partial charge on any atom is -0.295 e. The van der Waals surface area contributed by atoms with Crippen LogP contribution in [0.2, 0.25) is 0 Å². The monoisotopic (exact) mass is 188 g/mol. The first-order chi connectivity index (χ1) is 6.86. The summed E-state index contributed by atoms with van der Waals surface area (Å²) in [5.74, 6) is 0.278. The second kappa shape index (κ2) is 4.13. The molecule has 0 saturated heterocycles. The van der Waals surface area contributed by atoms with Crippen molar-refractivity contribution in [1.82, 2.24) is 9.97 Å². The van der Waals surface area contributed by atoms with Gasteiger partial charge in [0.05, 0.1) is 0 Å². The SMILES string of the molecule is O=C1CCCC/C1=C\c1cncnc1. The van der Waals surface area contributed by atoms with E-state index in [1.54, 1.807) is 12.4 Å². The van der Waals surface area contributed by atoms with Crippen LogP contribution in [0, 0.1) is 0 Å². The first kappa shape index (κ1) is 9.06. The Bertz CT molecular complexity index is 357. The lowest BCUT2D eigenvalue weighted by atomic mass is 9.92. The van der Waals surface area contributed by atoms with Gasteiger partial charge in [-0.2, -0.15) is 0 Å². The summed E-state index contributed by atoms with van der Waals surface area (Å²) in [5, 5.41) is 0. The molecule has 0 unspecified atom stereocenters. The molecule has 72 valence electrons. The van der Waals surface area contributed by atoms with Crippen molar-refractivity contribution in [2.45, 2.75) is 25.7 Å². The molecule has 2 rings (SSSR count). The quantitative estimate of drug-likeness (QED) is 0.633. The van der Waals surface area contributed by atoms with Crippen LogP contribution in [-0.4, -0.2) is 15.8 Å². The summed E-state index contributed by atoms with van der Waals surface area (Å²) in [6.07, 6.45) is 10.6. The molecule has 0 radical (unpaired) electrons. The Balaban J connectivity index is 2.21. The molecule has 1 saturated carbocycles. The second-order valence-electron chi connectivity index (χ2n) is 3.47. The van der Waals surface area contributed by atoms with Crippen LogP contribution >= 0.6 is 0 Å². The summed E-state index contributed by atoms with van der Waals surface area (Å²) < 4.78 is 0. The van der Waals surface area contributed by atoms with Gasteiger partial charge in [0.1, 0.15) is 6.33 Å². The third-order valence-corrected chi connectivity index (χ3v) is 2.38. The Morgan fingerprint density at radius 3 is 2.57 bits per heavy atom. The summed E-state index contributed by atoms with van der Waals surface area (Å²) in [7, 11) is 0. The number of allylic oxidation sites excluding steroid dienone is 1. The third-order valence-electron chi connectivity index (χ3n) is 2.38. The fraction of sp³-hybridized carbons (Fsp3) is 0.364. The molecule has 1 aliphatic rings. The van der Waals surface area contributed by atoms with Gasteiger partial charge in [0.2, 0.25) is 0 Å². The number of ketones is 1. The molecule has 3 nitrogen and oxygen atoms in total. The fourth-order valence-electron chi connectivity index (χ4n) is 1.64. The first-order valence-corrected chi connectivity index (χ1v) is 4.85. The molecule has 0 aliphatic heterocycles. The Kier molecular flexibility index (Phi) is 2.68. The molecule has 14 heavy (non-hydrogen) atoms. The van der Waals surface area contributed by atoms with Crippen LogP contribution in [0.1, 0.15) is 31.2 Å². The summed E-state index contributed by atoms with van der Waals surface area (Å²) in [6.45, 7) is 0. The van der Waals surface area contributed by atoms with Gasteiger partial charge in [-0.1, -0.05) is 0 Å². The molecule has 1 aromatic rings. The number of nitrogens with zero attached hydrogens (tertiary/aromatic N) is 2. The number of rotatable bonds is 1. The molecule has 1 fully saturated rings. The summed E-state index contributed by atoms with van der Waals surface area (Å²) in [5.41, 5.74) is 1.84. The van der Waals surface area contributed by atoms with Crippen LogP contribution in [0.3, 0.4) is 0 Å². The van der Waals surface area contributed by atoms with Crippen LogP contribution in [0.15, 0.2) is 24.3 Å². The van der Waals surface area contributed by atoms with Gasteiger partial charge in [0.25, 0.3) is 0 Å². The van der Waals surface area contributed by atoms with Crippen molar-refractivity contribution < 1.29 is 4.79 Å². The highest BCUT2D eigenvalue weighted by molar-refractivity contribution is 5.99. The maximum absolute atomic E-state index is 11.5. The lowest BCUT2D eigenvalue weighted by molar-refractivity contribution is -0.116. The summed E-state index contributed by atoms with van der Waals surface area (Å²) >= 11 is 0. The number of Topliss-reactive ketones (excluding diaryl/α,β-unsaturated/α-hetero) is 1. The van der Waals surface area contributed by atoms with E-state index in [-0.39, 0.29) is 5.78 Å². The lowest BCUT2D eigenvalue weighted by Gasteiger charge is -2.11. The van der Waals surface area contributed by atoms with Gasteiger partial charge in [-0.25, -0.2) is 9.97 Å². The van der Waals surface area contributed by atoms with Gasteiger partial charge in [-0.3, -0.25) is 4.79 Å². The van der Waals surface area contributed by atoms with Crippen molar-refractivity contribution in [3.05, 3.63) is 29.9 Å². The van der Waals surface area contributed by atoms with E-state index in [0.29, 0.717) is 6.42 Å². The zero-order valence-corrected chi connectivity index (χ0v) is 7.94. The van der Waals surface area contributed by atoms with E-state index in [0.717, 1.165) is 30.4 Å². The van der Waals surface area contributed by atoms with Crippen molar-refractivity contribution in [2.24, 2.45) is 0 Å². The van der Waals surface area contributed by atoms with Gasteiger partial charge in [0, 0.05) is 24.4 Å². The van der Waals surface area contributed by atoms with Gasteiger partial charge in [-0.15, -0.1) is 0 Å². The minimum atomic E-state index is 0.278. The molecule has 1 aliphatic carbocycles. The van der Waals surface area contributed by atoms with E-state index in [1.807, 2.05) is 6.08 Å². The van der Waals surface area contributed by atoms with E-state index in [2.05, 4.69) is 9.97 Å². The number of carbonyl (C=O) groups is 1. The molecule has 0 aromatic carbocycles. The van der Waals surface area contributed by atoms with Gasteiger partial charge in [0.15, 0.2) is 5.78 Å². The topological polar surface area (TPSA) is 42.9 Å². The zero-order valence-electron chi connectivity index (χ0n) is 7.94. The van der Waals surface area contributed by atoms with Crippen molar-refractivity contribution in [1.29, 1.82) is 0 Å². The molecule has 0 spiro atoms. The van der Waals surface area contributed by atoms with Gasteiger partial charge in [-0.05, 0) is 30.9 Å². The smallest absolute Gasteiger partial charge is 0.158 e. The normalized spacial score (nSPS) is 20.0. The van der Waals surface area contributed by atoms with E-state index in [4.69, 9.17) is 0 Å². The van der Waals surface area contributed by atoms with Crippen molar-refractivity contribution in [3.8, 4) is 0 Å². The Morgan fingerprint density at radius 1 is 1.14 bits per heavy atom. The standard InChI is InChI=1S/C11H12N2O/c14-11-4-2-1-3-10(11)5-9-6-12-8-13-7-9/h5-8H,1-4H2/b10-5+.